The Balaban J connectivity index is 2.82. The topological polar surface area (TPSA) is 23.8 Å². The predicted octanol–water partition coefficient (Wildman–Crippen LogP) is 1.96. The molecule has 0 aliphatic heterocycles. The van der Waals surface area contributed by atoms with Crippen molar-refractivity contribution in [2.75, 3.05) is 6.54 Å². The van der Waals surface area contributed by atoms with Gasteiger partial charge in [-0.1, -0.05) is 22.5 Å². The van der Waals surface area contributed by atoms with Gasteiger partial charge in [-0.05, 0) is 17.3 Å². The van der Waals surface area contributed by atoms with E-state index in [9.17, 15) is 0 Å². The van der Waals surface area contributed by atoms with Crippen LogP contribution >= 0.6 is 15.9 Å². The minimum Gasteiger partial charge on any atom is -0.258 e. The molecule has 41 valence electrons. The fourth-order valence-electron chi connectivity index (χ4n) is 0.280. The molecule has 7 heavy (non-hydrogen) atoms. The van der Waals surface area contributed by atoms with E-state index in [1.807, 2.05) is 0 Å². The molecule has 0 aromatic rings. The van der Waals surface area contributed by atoms with Crippen molar-refractivity contribution in [2.45, 2.75) is 12.8 Å². The van der Waals surface area contributed by atoms with Crippen LogP contribution in [0.4, 0.5) is 0 Å². The second-order valence-corrected chi connectivity index (χ2v) is 2.49. The van der Waals surface area contributed by atoms with Crippen LogP contribution in [0.5, 0.6) is 0 Å². The van der Waals surface area contributed by atoms with Crippen LogP contribution in [0.2, 0.25) is 0 Å². The van der Waals surface area contributed by atoms with Gasteiger partial charge in [0.25, 0.3) is 0 Å². The molecule has 0 rings (SSSR count). The van der Waals surface area contributed by atoms with E-state index in [0.29, 0.717) is 6.54 Å². The third-order valence-electron chi connectivity index (χ3n) is 0.625. The van der Waals surface area contributed by atoms with Crippen molar-refractivity contribution in [1.82, 2.24) is 5.73 Å². The zero-order valence-electron chi connectivity index (χ0n) is 4.21. The van der Waals surface area contributed by atoms with Crippen molar-refractivity contribution in [1.29, 1.82) is 0 Å². The van der Waals surface area contributed by atoms with E-state index < -0.39 is 0 Å². The van der Waals surface area contributed by atoms with Crippen molar-refractivity contribution in [3.8, 4) is 0 Å². The van der Waals surface area contributed by atoms with Gasteiger partial charge in [0, 0.05) is 6.54 Å². The largest absolute Gasteiger partial charge is 0.258 e. The minimum absolute atomic E-state index is 0.505. The maximum atomic E-state index is 6.73. The molecule has 1 N–H and O–H groups in total. The van der Waals surface area contributed by atoms with Gasteiger partial charge in [0.2, 0.25) is 0 Å². The first-order valence-electron chi connectivity index (χ1n) is 2.25. The molecular formula is C5H9BrN. The standard InChI is InChI=1S/C5H9BrN/c1-5(6)3-2-4-7/h7H,1-4H2. The predicted molar refractivity (Wildman–Crippen MR) is 35.3 cm³/mol. The summed E-state index contributed by atoms with van der Waals surface area (Å²) in [7, 11) is 0. The van der Waals surface area contributed by atoms with E-state index in [2.05, 4.69) is 22.5 Å². The van der Waals surface area contributed by atoms with E-state index in [0.717, 1.165) is 17.3 Å². The lowest BCUT2D eigenvalue weighted by Gasteiger charge is -1.89. The Kier molecular flexibility index (Phi) is 4.45. The van der Waals surface area contributed by atoms with Crippen LogP contribution in [0, 0.1) is 0 Å². The summed E-state index contributed by atoms with van der Waals surface area (Å²) in [4.78, 5) is 0. The molecule has 0 unspecified atom stereocenters. The molecule has 0 atom stereocenters. The number of hydrogen-bond acceptors (Lipinski definition) is 0. The summed E-state index contributed by atoms with van der Waals surface area (Å²) in [6, 6.07) is 0. The van der Waals surface area contributed by atoms with Crippen LogP contribution in [0.15, 0.2) is 11.1 Å². The zero-order chi connectivity index (χ0) is 5.70. The van der Waals surface area contributed by atoms with Gasteiger partial charge in [-0.3, -0.25) is 5.73 Å². The quantitative estimate of drug-likeness (QED) is 0.607. The van der Waals surface area contributed by atoms with Crippen molar-refractivity contribution >= 4 is 15.9 Å². The highest BCUT2D eigenvalue weighted by atomic mass is 79.9. The fraction of sp³-hybridized carbons (Fsp3) is 0.600. The summed E-state index contributed by atoms with van der Waals surface area (Å²) in [5.41, 5.74) is 6.73. The van der Waals surface area contributed by atoms with Crippen LogP contribution in [-0.4, -0.2) is 6.54 Å². The maximum absolute atomic E-state index is 6.73. The molecule has 0 saturated carbocycles. The van der Waals surface area contributed by atoms with Gasteiger partial charge >= 0.3 is 0 Å². The molecule has 0 aliphatic carbocycles. The van der Waals surface area contributed by atoms with Gasteiger partial charge in [-0.2, -0.15) is 0 Å². The number of allylic oxidation sites excluding steroid dienone is 1. The van der Waals surface area contributed by atoms with Gasteiger partial charge in [-0.15, -0.1) is 0 Å². The first kappa shape index (κ1) is 7.18. The average molecular weight is 163 g/mol. The highest BCUT2D eigenvalue weighted by Crippen LogP contribution is 2.07. The minimum atomic E-state index is 0.505. The SMILES string of the molecule is C=C(Br)CCC[NH]. The second kappa shape index (κ2) is 4.34. The molecule has 0 fully saturated rings. The molecule has 0 bridgehead atoms. The molecule has 1 nitrogen and oxygen atoms in total. The van der Waals surface area contributed by atoms with E-state index in [1.165, 1.54) is 0 Å². The third kappa shape index (κ3) is 6.18. The monoisotopic (exact) mass is 162 g/mol. The summed E-state index contributed by atoms with van der Waals surface area (Å²) in [6.07, 6.45) is 1.85. The second-order valence-electron chi connectivity index (χ2n) is 1.37. The molecular weight excluding hydrogens is 154 g/mol. The van der Waals surface area contributed by atoms with Gasteiger partial charge in [0.05, 0.1) is 0 Å². The summed E-state index contributed by atoms with van der Waals surface area (Å²) < 4.78 is 1.000. The third-order valence-corrected chi connectivity index (χ3v) is 1.02. The summed E-state index contributed by atoms with van der Waals surface area (Å²) in [5, 5.41) is 0. The number of halogens is 1. The number of rotatable bonds is 3. The first-order chi connectivity index (χ1) is 3.27. The zero-order valence-corrected chi connectivity index (χ0v) is 5.79. The van der Waals surface area contributed by atoms with E-state index in [-0.39, 0.29) is 0 Å². The average Bonchev–Trinajstić information content (AvgIpc) is 1.61. The molecule has 0 aliphatic rings. The first-order valence-corrected chi connectivity index (χ1v) is 3.04. The molecule has 0 saturated heterocycles. The smallest absolute Gasteiger partial charge is 0.0103 e. The molecule has 0 amide bonds. The van der Waals surface area contributed by atoms with Crippen LogP contribution < -0.4 is 5.73 Å². The Morgan fingerprint density at radius 3 is 2.43 bits per heavy atom. The summed E-state index contributed by atoms with van der Waals surface area (Å²) >= 11 is 3.20. The van der Waals surface area contributed by atoms with E-state index in [1.54, 1.807) is 0 Å². The molecule has 2 heteroatoms. The lowest BCUT2D eigenvalue weighted by atomic mass is 10.3. The molecule has 0 heterocycles. The molecule has 0 spiro atoms. The van der Waals surface area contributed by atoms with Crippen molar-refractivity contribution in [3.63, 3.8) is 0 Å². The summed E-state index contributed by atoms with van der Waals surface area (Å²) in [5.74, 6) is 0. The van der Waals surface area contributed by atoms with E-state index in [4.69, 9.17) is 5.73 Å². The Morgan fingerprint density at radius 1 is 1.71 bits per heavy atom. The summed E-state index contributed by atoms with van der Waals surface area (Å²) in [6.45, 7) is 4.13. The van der Waals surface area contributed by atoms with Crippen molar-refractivity contribution in [3.05, 3.63) is 11.1 Å². The Bertz CT molecular complexity index is 61.1. The molecule has 0 aromatic heterocycles. The normalized spacial score (nSPS) is 8.86. The van der Waals surface area contributed by atoms with Crippen molar-refractivity contribution < 1.29 is 0 Å². The maximum Gasteiger partial charge on any atom is 0.0103 e. The lowest BCUT2D eigenvalue weighted by Crippen LogP contribution is -1.82. The van der Waals surface area contributed by atoms with Crippen LogP contribution in [0.3, 0.4) is 0 Å². The lowest BCUT2D eigenvalue weighted by molar-refractivity contribution is 0.834. The van der Waals surface area contributed by atoms with Crippen LogP contribution in [0.25, 0.3) is 0 Å². The molecule has 0 aromatic carbocycles. The Labute approximate surface area is 52.7 Å². The number of nitrogens with one attached hydrogen (secondary N) is 1. The highest BCUT2D eigenvalue weighted by molar-refractivity contribution is 9.11. The van der Waals surface area contributed by atoms with Gasteiger partial charge in [0.1, 0.15) is 0 Å². The fourth-order valence-corrected chi connectivity index (χ4v) is 0.561. The van der Waals surface area contributed by atoms with Crippen molar-refractivity contribution in [2.24, 2.45) is 0 Å². The number of hydrogen-bond donors (Lipinski definition) is 0. The van der Waals surface area contributed by atoms with Gasteiger partial charge in [-0.25, -0.2) is 0 Å². The van der Waals surface area contributed by atoms with E-state index >= 15 is 0 Å². The van der Waals surface area contributed by atoms with Gasteiger partial charge in [0.15, 0.2) is 0 Å². The van der Waals surface area contributed by atoms with Gasteiger partial charge < -0.3 is 0 Å². The Morgan fingerprint density at radius 2 is 2.29 bits per heavy atom. The van der Waals surface area contributed by atoms with Crippen LogP contribution in [-0.2, 0) is 0 Å². The molecule has 1 radical (unpaired) electrons. The van der Waals surface area contributed by atoms with Crippen LogP contribution in [0.1, 0.15) is 12.8 Å². The Hall–Kier alpha value is 0.180. The highest BCUT2D eigenvalue weighted by Gasteiger charge is 1.83.